The van der Waals surface area contributed by atoms with E-state index in [4.69, 9.17) is 4.99 Å². The zero-order valence-corrected chi connectivity index (χ0v) is 24.0. The lowest BCUT2D eigenvalue weighted by molar-refractivity contribution is 0.626. The fourth-order valence-electron chi connectivity index (χ4n) is 6.23. The normalized spacial score (nSPS) is 17.2. The first-order valence-corrected chi connectivity index (χ1v) is 15.3. The zero-order valence-electron chi connectivity index (χ0n) is 24.0. The molecule has 0 bridgehead atoms. The lowest BCUT2D eigenvalue weighted by Gasteiger charge is -2.20. The molecule has 0 atom stereocenters. The van der Waals surface area contributed by atoms with Crippen LogP contribution < -0.4 is 0 Å². The first-order valence-electron chi connectivity index (χ1n) is 15.3. The van der Waals surface area contributed by atoms with Gasteiger partial charge in [-0.2, -0.15) is 0 Å². The van der Waals surface area contributed by atoms with E-state index >= 15 is 8.63 Å². The Hall–Kier alpha value is -3.31. The number of fused-ring (bicyclic) bond motifs is 1. The van der Waals surface area contributed by atoms with Gasteiger partial charge >= 0.3 is 7.40 Å². The quantitative estimate of drug-likeness (QED) is 0.191. The van der Waals surface area contributed by atoms with Crippen LogP contribution in [-0.4, -0.2) is 17.6 Å². The molecule has 0 N–H and O–H groups in total. The van der Waals surface area contributed by atoms with Crippen molar-refractivity contribution in [1.82, 2.24) is 4.48 Å². The van der Waals surface area contributed by atoms with Gasteiger partial charge in [-0.1, -0.05) is 68.9 Å². The molecular weight excluding hydrogens is 497 g/mol. The number of benzene rings is 1. The van der Waals surface area contributed by atoms with E-state index in [0.717, 1.165) is 124 Å². The highest BCUT2D eigenvalue weighted by atomic mass is 19.2. The van der Waals surface area contributed by atoms with Gasteiger partial charge in [0.2, 0.25) is 0 Å². The van der Waals surface area contributed by atoms with E-state index in [0.29, 0.717) is 11.4 Å². The van der Waals surface area contributed by atoms with Crippen LogP contribution in [0.2, 0.25) is 0 Å². The molecule has 1 aliphatic heterocycles. The Morgan fingerprint density at radius 3 is 2.12 bits per heavy atom. The minimum Gasteiger partial charge on any atom is -0.318 e. The lowest BCUT2D eigenvalue weighted by atomic mass is 9.84. The Bertz CT molecular complexity index is 1450. The van der Waals surface area contributed by atoms with Gasteiger partial charge in [0.25, 0.3) is 0 Å². The molecule has 1 aromatic heterocycles. The summed E-state index contributed by atoms with van der Waals surface area (Å²) in [5.74, 6) is 13.2. The van der Waals surface area contributed by atoms with E-state index in [1.807, 2.05) is 30.3 Å². The number of rotatable bonds is 7. The minimum atomic E-state index is -2.69. The second-order valence-electron chi connectivity index (χ2n) is 11.0. The van der Waals surface area contributed by atoms with Crippen LogP contribution in [0.25, 0.3) is 5.57 Å². The number of aromatic nitrogens is 1. The summed E-state index contributed by atoms with van der Waals surface area (Å²) in [6, 6.07) is 10.0. The second-order valence-corrected chi connectivity index (χ2v) is 11.0. The van der Waals surface area contributed by atoms with Gasteiger partial charge in [0.15, 0.2) is 0 Å². The van der Waals surface area contributed by atoms with Gasteiger partial charge in [0.05, 0.1) is 11.4 Å². The second kappa shape index (κ2) is 13.4. The van der Waals surface area contributed by atoms with Crippen LogP contribution in [-0.2, 0) is 12.8 Å². The monoisotopic (exact) mass is 536 g/mol. The Labute approximate surface area is 239 Å². The van der Waals surface area contributed by atoms with Gasteiger partial charge < -0.3 is 4.48 Å². The van der Waals surface area contributed by atoms with Gasteiger partial charge in [-0.05, 0) is 104 Å². The maximum atomic E-state index is 15.2. The van der Waals surface area contributed by atoms with Crippen LogP contribution in [0.5, 0.6) is 0 Å². The number of halogens is 2. The van der Waals surface area contributed by atoms with Gasteiger partial charge in [-0.3, -0.25) is 8.63 Å². The molecular formula is C35H39BF2N2. The van der Waals surface area contributed by atoms with Gasteiger partial charge in [0.1, 0.15) is 5.71 Å². The topological polar surface area (TPSA) is 17.3 Å². The molecule has 0 radical (unpaired) electrons. The number of hydrogen-bond acceptors (Lipinski definition) is 1. The fourth-order valence-corrected chi connectivity index (χ4v) is 6.23. The highest BCUT2D eigenvalue weighted by Gasteiger charge is 2.36. The Morgan fingerprint density at radius 1 is 0.825 bits per heavy atom. The maximum absolute atomic E-state index is 15.2. The van der Waals surface area contributed by atoms with Crippen molar-refractivity contribution >= 4 is 18.7 Å². The molecule has 2 nitrogen and oxygen atoms in total. The van der Waals surface area contributed by atoms with E-state index in [1.165, 1.54) is 15.6 Å². The molecule has 5 heteroatoms. The van der Waals surface area contributed by atoms with Crippen molar-refractivity contribution in [1.29, 1.82) is 0 Å². The molecule has 0 spiro atoms. The predicted molar refractivity (Wildman–Crippen MR) is 164 cm³/mol. The molecule has 40 heavy (non-hydrogen) atoms. The van der Waals surface area contributed by atoms with Crippen LogP contribution in [0.1, 0.15) is 119 Å². The molecule has 1 aromatic carbocycles. The summed E-state index contributed by atoms with van der Waals surface area (Å²) in [7, 11) is -2.69. The fraction of sp³-hybridized carbons (Fsp3) is 0.457. The van der Waals surface area contributed by atoms with Crippen molar-refractivity contribution in [2.45, 2.75) is 104 Å². The third-order valence-electron chi connectivity index (χ3n) is 8.24. The van der Waals surface area contributed by atoms with Crippen molar-refractivity contribution in [3.05, 3.63) is 75.3 Å². The van der Waals surface area contributed by atoms with Crippen LogP contribution in [0.4, 0.5) is 8.63 Å². The average Bonchev–Trinajstić information content (AvgIpc) is 3.51. The minimum absolute atomic E-state index is 0.504. The molecule has 5 rings (SSSR count). The summed E-state index contributed by atoms with van der Waals surface area (Å²) in [6.07, 6.45) is 13.4. The summed E-state index contributed by atoms with van der Waals surface area (Å²) in [5, 5.41) is 0. The first kappa shape index (κ1) is 28.2. The highest BCUT2D eigenvalue weighted by molar-refractivity contribution is 6.42. The largest absolute Gasteiger partial charge is 0.678 e. The summed E-state index contributed by atoms with van der Waals surface area (Å²) < 4.78 is 31.6. The number of hydrogen-bond donors (Lipinski definition) is 0. The maximum Gasteiger partial charge on any atom is 0.678 e. The number of unbranched alkanes of at least 4 members (excludes halogenated alkanes) is 4. The van der Waals surface area contributed by atoms with Gasteiger partial charge in [0, 0.05) is 24.1 Å². The molecule has 0 saturated heterocycles. The SMILES string of the molecule is CCCCC#CC1=N/C(=C(/c2ccccc2)c2c3c(c(C#CCCCC)n2B(F)F)CCCC3)C2=C1CCCC2. The van der Waals surface area contributed by atoms with E-state index in [-0.39, 0.29) is 0 Å². The van der Waals surface area contributed by atoms with Crippen molar-refractivity contribution < 1.29 is 8.63 Å². The van der Waals surface area contributed by atoms with E-state index in [2.05, 4.69) is 37.5 Å². The van der Waals surface area contributed by atoms with Crippen LogP contribution in [0, 0.1) is 23.7 Å². The summed E-state index contributed by atoms with van der Waals surface area (Å²) in [4.78, 5) is 5.18. The molecule has 2 heterocycles. The summed E-state index contributed by atoms with van der Waals surface area (Å²) >= 11 is 0. The van der Waals surface area contributed by atoms with Crippen LogP contribution >= 0.6 is 0 Å². The molecule has 0 unspecified atom stereocenters. The number of allylic oxidation sites excluding steroid dienone is 2. The summed E-state index contributed by atoms with van der Waals surface area (Å²) in [5.41, 5.74) is 9.03. The molecule has 0 saturated carbocycles. The van der Waals surface area contributed by atoms with Crippen molar-refractivity contribution in [2.75, 3.05) is 0 Å². The van der Waals surface area contributed by atoms with Crippen molar-refractivity contribution in [3.8, 4) is 23.7 Å². The first-order chi connectivity index (χ1) is 19.7. The van der Waals surface area contributed by atoms with E-state index < -0.39 is 7.40 Å². The van der Waals surface area contributed by atoms with Gasteiger partial charge in [-0.25, -0.2) is 4.99 Å². The van der Waals surface area contributed by atoms with E-state index in [9.17, 15) is 0 Å². The molecule has 0 amide bonds. The molecule has 3 aliphatic rings. The summed E-state index contributed by atoms with van der Waals surface area (Å²) in [6.45, 7) is 4.30. The Balaban J connectivity index is 1.80. The molecule has 2 aromatic rings. The molecule has 0 fully saturated rings. The van der Waals surface area contributed by atoms with Gasteiger partial charge in [-0.15, -0.1) is 0 Å². The van der Waals surface area contributed by atoms with Crippen LogP contribution in [0.3, 0.4) is 0 Å². The average molecular weight is 537 g/mol. The van der Waals surface area contributed by atoms with Crippen molar-refractivity contribution in [2.24, 2.45) is 4.99 Å². The smallest absolute Gasteiger partial charge is 0.318 e. The Kier molecular flexibility index (Phi) is 9.43. The predicted octanol–water partition coefficient (Wildman–Crippen LogP) is 8.96. The third kappa shape index (κ3) is 5.76. The third-order valence-corrected chi connectivity index (χ3v) is 8.24. The Morgan fingerprint density at radius 2 is 1.45 bits per heavy atom. The standard InChI is InChI=1S/C35H39BF2N2/c1-3-5-7-12-24-31-27-20-14-16-22-29(27)34(39-31)33(26-18-10-9-11-19-26)35-30-23-17-15-21-28(30)32(40(35)36(37)38)25-13-8-6-4-2/h9-11,18-19H,3-8,14-17,20-23H2,1-2H3/b34-33-. The van der Waals surface area contributed by atoms with Crippen LogP contribution in [0.15, 0.2) is 52.2 Å². The molecule has 206 valence electrons. The lowest BCUT2D eigenvalue weighted by Crippen LogP contribution is -2.19. The van der Waals surface area contributed by atoms with Crippen molar-refractivity contribution in [3.63, 3.8) is 0 Å². The zero-order chi connectivity index (χ0) is 27.9. The molecule has 2 aliphatic carbocycles. The number of aliphatic imine (C=N–C) groups is 1. The van der Waals surface area contributed by atoms with E-state index in [1.54, 1.807) is 0 Å². The number of nitrogens with zero attached hydrogens (tertiary/aromatic N) is 2. The highest BCUT2D eigenvalue weighted by Crippen LogP contribution is 2.45.